The third-order valence-corrected chi connectivity index (χ3v) is 3.99. The van der Waals surface area contributed by atoms with Crippen LogP contribution in [0.25, 0.3) is 32.7 Å². The first-order valence-electron chi connectivity index (χ1n) is 7.62. The molecular formula is C17H18N6. The van der Waals surface area contributed by atoms with Gasteiger partial charge in [0, 0.05) is 54.0 Å². The zero-order valence-electron chi connectivity index (χ0n) is 13.2. The molecule has 0 aromatic carbocycles. The van der Waals surface area contributed by atoms with E-state index in [4.69, 9.17) is 4.98 Å². The number of aromatic amines is 1. The quantitative estimate of drug-likeness (QED) is 0.606. The van der Waals surface area contributed by atoms with Gasteiger partial charge in [0.2, 0.25) is 0 Å². The summed E-state index contributed by atoms with van der Waals surface area (Å²) in [6.45, 7) is 1.78. The highest BCUT2D eigenvalue weighted by Gasteiger charge is 2.13. The van der Waals surface area contributed by atoms with E-state index in [0.29, 0.717) is 0 Å². The molecule has 4 aromatic heterocycles. The first-order chi connectivity index (χ1) is 11.2. The Morgan fingerprint density at radius 1 is 1.04 bits per heavy atom. The number of nitrogens with one attached hydrogen (secondary N) is 2. The number of aromatic nitrogens is 4. The number of nitrogens with zero attached hydrogens (tertiary/aromatic N) is 4. The summed E-state index contributed by atoms with van der Waals surface area (Å²) in [7, 11) is 4.12. The van der Waals surface area contributed by atoms with Gasteiger partial charge in [-0.2, -0.15) is 0 Å². The van der Waals surface area contributed by atoms with Crippen LogP contribution in [-0.2, 0) is 0 Å². The van der Waals surface area contributed by atoms with Crippen LogP contribution in [0.15, 0.2) is 36.9 Å². The summed E-state index contributed by atoms with van der Waals surface area (Å²) in [5, 5.41) is 6.63. The van der Waals surface area contributed by atoms with Gasteiger partial charge in [-0.25, -0.2) is 4.98 Å². The van der Waals surface area contributed by atoms with Crippen molar-refractivity contribution in [1.82, 2.24) is 24.8 Å². The van der Waals surface area contributed by atoms with Gasteiger partial charge in [-0.05, 0) is 26.2 Å². The first kappa shape index (κ1) is 13.9. The molecule has 6 heteroatoms. The molecule has 0 bridgehead atoms. The molecule has 0 saturated heterocycles. The van der Waals surface area contributed by atoms with Gasteiger partial charge in [0.05, 0.1) is 11.0 Å². The number of fused-ring (bicyclic) bond motifs is 5. The lowest BCUT2D eigenvalue weighted by molar-refractivity contribution is 0.425. The Kier molecular flexibility index (Phi) is 3.31. The SMILES string of the molecule is CN(C)CCNc1nc2c3cnccc3[nH]c2c2cnccc12. The largest absolute Gasteiger partial charge is 0.368 e. The molecule has 0 fully saturated rings. The van der Waals surface area contributed by atoms with E-state index < -0.39 is 0 Å². The average molecular weight is 306 g/mol. The van der Waals surface area contributed by atoms with Crippen molar-refractivity contribution in [3.63, 3.8) is 0 Å². The lowest BCUT2D eigenvalue weighted by atomic mass is 10.1. The molecule has 4 rings (SSSR count). The Bertz CT molecular complexity index is 988. The number of H-pyrrole nitrogens is 1. The standard InChI is InChI=1S/C17H18N6/c1-23(2)8-7-20-17-11-3-5-18-9-12(11)15-16(22-17)13-10-19-6-4-14(13)21-15/h3-6,9-10,21H,7-8H2,1-2H3,(H,20,22). The van der Waals surface area contributed by atoms with Crippen molar-refractivity contribution in [2.24, 2.45) is 0 Å². The Balaban J connectivity index is 1.94. The summed E-state index contributed by atoms with van der Waals surface area (Å²) in [5.74, 6) is 0.890. The van der Waals surface area contributed by atoms with Crippen LogP contribution in [0.5, 0.6) is 0 Å². The predicted octanol–water partition coefficient (Wildman–Crippen LogP) is 2.63. The summed E-state index contributed by atoms with van der Waals surface area (Å²) in [6, 6.07) is 3.97. The molecule has 0 saturated carbocycles. The lowest BCUT2D eigenvalue weighted by Crippen LogP contribution is -2.21. The minimum Gasteiger partial charge on any atom is -0.368 e. The van der Waals surface area contributed by atoms with Crippen molar-refractivity contribution in [3.05, 3.63) is 36.9 Å². The second-order valence-corrected chi connectivity index (χ2v) is 5.88. The normalized spacial score (nSPS) is 11.8. The van der Waals surface area contributed by atoms with Crippen LogP contribution in [0.3, 0.4) is 0 Å². The van der Waals surface area contributed by atoms with Crippen LogP contribution in [0.4, 0.5) is 5.82 Å². The van der Waals surface area contributed by atoms with Crippen LogP contribution in [0.2, 0.25) is 0 Å². The van der Waals surface area contributed by atoms with Crippen molar-refractivity contribution in [3.8, 4) is 0 Å². The highest BCUT2D eigenvalue weighted by Crippen LogP contribution is 2.32. The van der Waals surface area contributed by atoms with Gasteiger partial charge in [0.1, 0.15) is 11.3 Å². The summed E-state index contributed by atoms with van der Waals surface area (Å²) in [5.41, 5.74) is 2.98. The molecule has 0 aliphatic heterocycles. The van der Waals surface area contributed by atoms with Gasteiger partial charge in [-0.3, -0.25) is 9.97 Å². The maximum Gasteiger partial charge on any atom is 0.134 e. The van der Waals surface area contributed by atoms with Crippen LogP contribution < -0.4 is 5.32 Å². The van der Waals surface area contributed by atoms with E-state index in [-0.39, 0.29) is 0 Å². The topological polar surface area (TPSA) is 69.7 Å². The Morgan fingerprint density at radius 2 is 1.83 bits per heavy atom. The first-order valence-corrected chi connectivity index (χ1v) is 7.62. The van der Waals surface area contributed by atoms with Crippen molar-refractivity contribution in [2.75, 3.05) is 32.5 Å². The zero-order valence-corrected chi connectivity index (χ0v) is 13.2. The van der Waals surface area contributed by atoms with Crippen LogP contribution in [-0.4, -0.2) is 52.0 Å². The van der Waals surface area contributed by atoms with E-state index >= 15 is 0 Å². The third-order valence-electron chi connectivity index (χ3n) is 3.99. The van der Waals surface area contributed by atoms with Gasteiger partial charge in [0.25, 0.3) is 0 Å². The molecule has 0 amide bonds. The van der Waals surface area contributed by atoms with Crippen molar-refractivity contribution >= 4 is 38.5 Å². The van der Waals surface area contributed by atoms with Crippen LogP contribution in [0, 0.1) is 0 Å². The maximum absolute atomic E-state index is 4.86. The van der Waals surface area contributed by atoms with E-state index in [9.17, 15) is 0 Å². The van der Waals surface area contributed by atoms with Crippen molar-refractivity contribution < 1.29 is 0 Å². The lowest BCUT2D eigenvalue weighted by Gasteiger charge is -2.12. The smallest absolute Gasteiger partial charge is 0.134 e. The molecule has 0 atom stereocenters. The van der Waals surface area contributed by atoms with E-state index in [0.717, 1.165) is 51.6 Å². The van der Waals surface area contributed by atoms with Gasteiger partial charge >= 0.3 is 0 Å². The molecule has 116 valence electrons. The monoisotopic (exact) mass is 306 g/mol. The molecule has 0 aliphatic carbocycles. The Hall–Kier alpha value is -2.73. The fourth-order valence-electron chi connectivity index (χ4n) is 2.84. The van der Waals surface area contributed by atoms with E-state index in [1.807, 2.05) is 24.5 Å². The molecule has 4 heterocycles. The fourth-order valence-corrected chi connectivity index (χ4v) is 2.84. The number of pyridine rings is 3. The predicted molar refractivity (Wildman–Crippen MR) is 93.7 cm³/mol. The summed E-state index contributed by atoms with van der Waals surface area (Å²) >= 11 is 0. The number of rotatable bonds is 4. The number of hydrogen-bond acceptors (Lipinski definition) is 5. The molecule has 0 radical (unpaired) electrons. The maximum atomic E-state index is 4.86. The highest BCUT2D eigenvalue weighted by molar-refractivity contribution is 6.16. The van der Waals surface area contributed by atoms with Gasteiger partial charge in [-0.15, -0.1) is 0 Å². The molecule has 4 aromatic rings. The molecule has 0 spiro atoms. The van der Waals surface area contributed by atoms with Crippen molar-refractivity contribution in [1.29, 1.82) is 0 Å². The summed E-state index contributed by atoms with van der Waals surface area (Å²) in [4.78, 5) is 19.0. The molecule has 6 nitrogen and oxygen atoms in total. The third kappa shape index (κ3) is 2.37. The number of hydrogen-bond donors (Lipinski definition) is 2. The molecule has 2 N–H and O–H groups in total. The Labute approximate surface area is 133 Å². The highest BCUT2D eigenvalue weighted by atomic mass is 15.1. The number of anilines is 1. The van der Waals surface area contributed by atoms with Crippen LogP contribution >= 0.6 is 0 Å². The second-order valence-electron chi connectivity index (χ2n) is 5.88. The van der Waals surface area contributed by atoms with E-state index in [1.165, 1.54) is 0 Å². The molecule has 0 unspecified atom stereocenters. The van der Waals surface area contributed by atoms with Gasteiger partial charge < -0.3 is 15.2 Å². The van der Waals surface area contributed by atoms with E-state index in [1.54, 1.807) is 12.4 Å². The molecular weight excluding hydrogens is 288 g/mol. The van der Waals surface area contributed by atoms with Crippen molar-refractivity contribution in [2.45, 2.75) is 0 Å². The summed E-state index contributed by atoms with van der Waals surface area (Å²) < 4.78 is 0. The minimum atomic E-state index is 0.837. The minimum absolute atomic E-state index is 0.837. The van der Waals surface area contributed by atoms with Gasteiger partial charge in [0.15, 0.2) is 0 Å². The number of likely N-dealkylation sites (N-methyl/N-ethyl adjacent to an activating group) is 1. The fraction of sp³-hybridized carbons (Fsp3) is 0.235. The second kappa shape index (κ2) is 5.48. The Morgan fingerprint density at radius 3 is 2.65 bits per heavy atom. The average Bonchev–Trinajstić information content (AvgIpc) is 2.93. The summed E-state index contributed by atoms with van der Waals surface area (Å²) in [6.07, 6.45) is 7.33. The molecule has 23 heavy (non-hydrogen) atoms. The van der Waals surface area contributed by atoms with E-state index in [2.05, 4.69) is 39.3 Å². The molecule has 0 aliphatic rings. The van der Waals surface area contributed by atoms with Crippen LogP contribution in [0.1, 0.15) is 0 Å². The zero-order chi connectivity index (χ0) is 15.8. The van der Waals surface area contributed by atoms with Gasteiger partial charge in [-0.1, -0.05) is 0 Å².